The van der Waals surface area contributed by atoms with Gasteiger partial charge in [0.2, 0.25) is 0 Å². The van der Waals surface area contributed by atoms with Gasteiger partial charge in [0, 0.05) is 0 Å². The number of aromatic nitrogens is 2. The third-order valence-electron chi connectivity index (χ3n) is 1.48. The average Bonchev–Trinajstić information content (AvgIpc) is 2.05. The first-order valence-corrected chi connectivity index (χ1v) is 8.01. The van der Waals surface area contributed by atoms with Crippen LogP contribution in [0.3, 0.4) is 0 Å². The number of hydrogen-bond donors (Lipinski definition) is 1. The number of rotatable bonds is 0. The minimum atomic E-state index is -1.36. The highest BCUT2D eigenvalue weighted by molar-refractivity contribution is 6.83. The van der Waals surface area contributed by atoms with Crippen molar-refractivity contribution >= 4 is 13.9 Å². The molecule has 0 amide bonds. The summed E-state index contributed by atoms with van der Waals surface area (Å²) in [6, 6.07) is 0. The maximum absolute atomic E-state index is 5.66. The predicted octanol–water partition coefficient (Wildman–Crippen LogP) is 1.60. The molecule has 0 fully saturated rings. The molecule has 0 aliphatic heterocycles. The SMILES string of the molecule is Cc1cnc(N)c(C#C[Si](C)(C)C)n1. The second-order valence-electron chi connectivity index (χ2n) is 4.25. The van der Waals surface area contributed by atoms with E-state index >= 15 is 0 Å². The van der Waals surface area contributed by atoms with Crippen LogP contribution in [0.1, 0.15) is 11.4 Å². The summed E-state index contributed by atoms with van der Waals surface area (Å²) in [6.45, 7) is 8.42. The van der Waals surface area contributed by atoms with Crippen molar-refractivity contribution in [1.82, 2.24) is 9.97 Å². The Kier molecular flexibility index (Phi) is 2.92. The maximum Gasteiger partial charge on any atom is 0.158 e. The highest BCUT2D eigenvalue weighted by atomic mass is 28.3. The van der Waals surface area contributed by atoms with Crippen LogP contribution in [-0.2, 0) is 0 Å². The van der Waals surface area contributed by atoms with Gasteiger partial charge in [0.25, 0.3) is 0 Å². The van der Waals surface area contributed by atoms with E-state index in [1.54, 1.807) is 6.20 Å². The molecule has 3 nitrogen and oxygen atoms in total. The van der Waals surface area contributed by atoms with Gasteiger partial charge in [-0.25, -0.2) is 9.97 Å². The number of nitrogens with zero attached hydrogens (tertiary/aromatic N) is 2. The second-order valence-corrected chi connectivity index (χ2v) is 9.00. The second kappa shape index (κ2) is 3.80. The van der Waals surface area contributed by atoms with E-state index in [0.29, 0.717) is 11.5 Å². The van der Waals surface area contributed by atoms with Gasteiger partial charge in [-0.05, 0) is 6.92 Å². The van der Waals surface area contributed by atoms with Crippen molar-refractivity contribution in [1.29, 1.82) is 0 Å². The molecule has 0 atom stereocenters. The minimum absolute atomic E-state index is 0.418. The fourth-order valence-corrected chi connectivity index (χ4v) is 1.32. The zero-order valence-corrected chi connectivity index (χ0v) is 10.0. The van der Waals surface area contributed by atoms with Gasteiger partial charge in [-0.1, -0.05) is 25.6 Å². The van der Waals surface area contributed by atoms with Gasteiger partial charge < -0.3 is 5.73 Å². The normalized spacial score (nSPS) is 10.6. The number of anilines is 1. The van der Waals surface area contributed by atoms with E-state index in [0.717, 1.165) is 5.69 Å². The lowest BCUT2D eigenvalue weighted by Crippen LogP contribution is -2.16. The van der Waals surface area contributed by atoms with E-state index in [1.807, 2.05) is 6.92 Å². The molecule has 1 rings (SSSR count). The Hall–Kier alpha value is -1.34. The highest BCUT2D eigenvalue weighted by Gasteiger charge is 2.08. The molecule has 74 valence electrons. The van der Waals surface area contributed by atoms with E-state index in [9.17, 15) is 0 Å². The molecule has 4 heteroatoms. The van der Waals surface area contributed by atoms with Gasteiger partial charge in [-0.2, -0.15) is 0 Å². The molecule has 0 saturated heterocycles. The molecule has 0 aliphatic carbocycles. The molecule has 14 heavy (non-hydrogen) atoms. The highest BCUT2D eigenvalue weighted by Crippen LogP contribution is 2.04. The Balaban J connectivity index is 3.06. The number of hydrogen-bond acceptors (Lipinski definition) is 3. The molecule has 1 aromatic heterocycles. The van der Waals surface area contributed by atoms with Gasteiger partial charge in [0.05, 0.1) is 11.9 Å². The first kappa shape index (κ1) is 10.7. The minimum Gasteiger partial charge on any atom is -0.381 e. The average molecular weight is 205 g/mol. The summed E-state index contributed by atoms with van der Waals surface area (Å²) in [6.07, 6.45) is 1.65. The van der Waals surface area contributed by atoms with Crippen molar-refractivity contribution < 1.29 is 0 Å². The van der Waals surface area contributed by atoms with Gasteiger partial charge >= 0.3 is 0 Å². The fourth-order valence-electron chi connectivity index (χ4n) is 0.825. The van der Waals surface area contributed by atoms with E-state index in [-0.39, 0.29) is 0 Å². The summed E-state index contributed by atoms with van der Waals surface area (Å²) in [5.41, 5.74) is 10.3. The molecule has 0 saturated carbocycles. The summed E-state index contributed by atoms with van der Waals surface area (Å²) < 4.78 is 0. The lowest BCUT2D eigenvalue weighted by atomic mass is 10.4. The van der Waals surface area contributed by atoms with Gasteiger partial charge in [-0.3, -0.25) is 0 Å². The quantitative estimate of drug-likeness (QED) is 0.517. The molecule has 0 bridgehead atoms. The van der Waals surface area contributed by atoms with Crippen molar-refractivity contribution in [2.45, 2.75) is 26.6 Å². The summed E-state index contributed by atoms with van der Waals surface area (Å²) in [4.78, 5) is 8.24. The van der Waals surface area contributed by atoms with Crippen LogP contribution in [-0.4, -0.2) is 18.0 Å². The van der Waals surface area contributed by atoms with Gasteiger partial charge in [-0.15, -0.1) is 5.54 Å². The maximum atomic E-state index is 5.66. The van der Waals surface area contributed by atoms with Crippen molar-refractivity contribution in [3.05, 3.63) is 17.6 Å². The Bertz CT molecular complexity index is 396. The molecule has 0 aliphatic rings. The van der Waals surface area contributed by atoms with Crippen molar-refractivity contribution in [3.63, 3.8) is 0 Å². The van der Waals surface area contributed by atoms with Crippen molar-refractivity contribution in [3.8, 4) is 11.5 Å². The van der Waals surface area contributed by atoms with Gasteiger partial charge in [0.15, 0.2) is 11.5 Å². The zero-order chi connectivity index (χ0) is 10.8. The molecule has 1 aromatic rings. The lowest BCUT2D eigenvalue weighted by Gasteiger charge is -2.03. The largest absolute Gasteiger partial charge is 0.381 e. The Morgan fingerprint density at radius 2 is 2.00 bits per heavy atom. The third kappa shape index (κ3) is 3.19. The summed E-state index contributed by atoms with van der Waals surface area (Å²) in [5.74, 6) is 3.42. The van der Waals surface area contributed by atoms with Crippen LogP contribution in [0.25, 0.3) is 0 Å². The Labute approximate surface area is 85.8 Å². The molecule has 1 heterocycles. The Morgan fingerprint density at radius 3 is 2.57 bits per heavy atom. The first-order chi connectivity index (χ1) is 6.38. The third-order valence-corrected chi connectivity index (χ3v) is 2.35. The standard InChI is InChI=1S/C10H15N3Si/c1-8-7-12-10(11)9(13-8)5-6-14(2,3)4/h7H,1-4H3,(H2,11,12). The van der Waals surface area contributed by atoms with Crippen LogP contribution < -0.4 is 5.73 Å². The van der Waals surface area contributed by atoms with E-state index in [1.165, 1.54) is 0 Å². The van der Waals surface area contributed by atoms with Crippen LogP contribution in [0, 0.1) is 18.4 Å². The van der Waals surface area contributed by atoms with Crippen LogP contribution in [0.5, 0.6) is 0 Å². The van der Waals surface area contributed by atoms with E-state index in [4.69, 9.17) is 5.73 Å². The molecular weight excluding hydrogens is 190 g/mol. The van der Waals surface area contributed by atoms with E-state index in [2.05, 4.69) is 41.1 Å². The van der Waals surface area contributed by atoms with E-state index < -0.39 is 8.07 Å². The van der Waals surface area contributed by atoms with Crippen LogP contribution in [0.15, 0.2) is 6.20 Å². The summed E-state index contributed by atoms with van der Waals surface area (Å²) in [5, 5.41) is 0. The smallest absolute Gasteiger partial charge is 0.158 e. The fraction of sp³-hybridized carbons (Fsp3) is 0.400. The van der Waals surface area contributed by atoms with Crippen molar-refractivity contribution in [2.24, 2.45) is 0 Å². The first-order valence-electron chi connectivity index (χ1n) is 4.51. The zero-order valence-electron chi connectivity index (χ0n) is 9.05. The molecular formula is C10H15N3Si. The van der Waals surface area contributed by atoms with Crippen molar-refractivity contribution in [2.75, 3.05) is 5.73 Å². The Morgan fingerprint density at radius 1 is 1.36 bits per heavy atom. The monoisotopic (exact) mass is 205 g/mol. The molecule has 0 spiro atoms. The number of aryl methyl sites for hydroxylation is 1. The number of nitrogens with two attached hydrogens (primary N) is 1. The number of nitrogen functional groups attached to an aromatic ring is 1. The van der Waals surface area contributed by atoms with Crippen LogP contribution in [0.2, 0.25) is 19.6 Å². The van der Waals surface area contributed by atoms with Gasteiger partial charge in [0.1, 0.15) is 8.07 Å². The topological polar surface area (TPSA) is 51.8 Å². The predicted molar refractivity (Wildman–Crippen MR) is 61.4 cm³/mol. The molecule has 0 unspecified atom stereocenters. The molecule has 0 radical (unpaired) electrons. The summed E-state index contributed by atoms with van der Waals surface area (Å²) >= 11 is 0. The van der Waals surface area contributed by atoms with Crippen LogP contribution >= 0.6 is 0 Å². The molecule has 2 N–H and O–H groups in total. The molecule has 0 aromatic carbocycles. The lowest BCUT2D eigenvalue weighted by molar-refractivity contribution is 1.11. The summed E-state index contributed by atoms with van der Waals surface area (Å²) in [7, 11) is -1.36. The van der Waals surface area contributed by atoms with Crippen LogP contribution in [0.4, 0.5) is 5.82 Å².